The molecule has 1 aliphatic rings. The molecular weight excluding hydrogens is 269 g/mol. The molecule has 2 rings (SSSR count). The van der Waals surface area contributed by atoms with E-state index in [0.29, 0.717) is 18.8 Å². The quantitative estimate of drug-likeness (QED) is 0.833. The van der Waals surface area contributed by atoms with Gasteiger partial charge in [0.15, 0.2) is 0 Å². The first kappa shape index (κ1) is 16.2. The molecule has 0 bridgehead atoms. The minimum atomic E-state index is -0.138. The van der Waals surface area contributed by atoms with Crippen molar-refractivity contribution in [1.29, 1.82) is 0 Å². The van der Waals surface area contributed by atoms with Gasteiger partial charge in [-0.3, -0.25) is 4.90 Å². The second kappa shape index (κ2) is 8.32. The SMILES string of the molecule is CCNCc1ccc(N2CCCN(CCO)CC2)c(F)c1. The topological polar surface area (TPSA) is 38.7 Å². The van der Waals surface area contributed by atoms with E-state index in [9.17, 15) is 4.39 Å². The molecule has 0 atom stereocenters. The number of β-amino-alcohol motifs (C(OH)–C–C–N with tert-alkyl or cyclic N) is 1. The summed E-state index contributed by atoms with van der Waals surface area (Å²) in [5.41, 5.74) is 1.68. The molecule has 1 heterocycles. The monoisotopic (exact) mass is 295 g/mol. The summed E-state index contributed by atoms with van der Waals surface area (Å²) in [5, 5.41) is 12.2. The number of anilines is 1. The first-order chi connectivity index (χ1) is 10.2. The van der Waals surface area contributed by atoms with E-state index in [1.165, 1.54) is 0 Å². The van der Waals surface area contributed by atoms with Crippen molar-refractivity contribution < 1.29 is 9.50 Å². The lowest BCUT2D eigenvalue weighted by Gasteiger charge is -2.24. The second-order valence-electron chi connectivity index (χ2n) is 5.47. The van der Waals surface area contributed by atoms with Gasteiger partial charge in [-0.15, -0.1) is 0 Å². The van der Waals surface area contributed by atoms with Crippen molar-refractivity contribution in [3.05, 3.63) is 29.6 Å². The van der Waals surface area contributed by atoms with Gasteiger partial charge in [0, 0.05) is 32.7 Å². The van der Waals surface area contributed by atoms with Crippen LogP contribution < -0.4 is 10.2 Å². The van der Waals surface area contributed by atoms with E-state index in [2.05, 4.69) is 15.1 Å². The van der Waals surface area contributed by atoms with Crippen LogP contribution in [0, 0.1) is 5.82 Å². The van der Waals surface area contributed by atoms with Gasteiger partial charge in [-0.05, 0) is 37.2 Å². The van der Waals surface area contributed by atoms with E-state index < -0.39 is 0 Å². The fourth-order valence-electron chi connectivity index (χ4n) is 2.76. The first-order valence-electron chi connectivity index (χ1n) is 7.82. The maximum Gasteiger partial charge on any atom is 0.146 e. The molecule has 21 heavy (non-hydrogen) atoms. The van der Waals surface area contributed by atoms with Crippen LogP contribution in [0.3, 0.4) is 0 Å². The molecule has 1 aromatic carbocycles. The molecule has 0 aliphatic carbocycles. The fraction of sp³-hybridized carbons (Fsp3) is 0.625. The number of benzene rings is 1. The minimum absolute atomic E-state index is 0.138. The summed E-state index contributed by atoms with van der Waals surface area (Å²) in [5.74, 6) is -0.138. The van der Waals surface area contributed by atoms with Crippen LogP contribution in [0.5, 0.6) is 0 Å². The van der Waals surface area contributed by atoms with E-state index in [4.69, 9.17) is 5.11 Å². The van der Waals surface area contributed by atoms with Crippen molar-refractivity contribution in [2.24, 2.45) is 0 Å². The molecule has 1 saturated heterocycles. The van der Waals surface area contributed by atoms with Gasteiger partial charge in [0.25, 0.3) is 0 Å². The van der Waals surface area contributed by atoms with Crippen LogP contribution >= 0.6 is 0 Å². The van der Waals surface area contributed by atoms with Gasteiger partial charge in [0.1, 0.15) is 5.82 Å². The molecule has 0 saturated carbocycles. The fourth-order valence-corrected chi connectivity index (χ4v) is 2.76. The summed E-state index contributed by atoms with van der Waals surface area (Å²) < 4.78 is 14.3. The summed E-state index contributed by atoms with van der Waals surface area (Å²) in [7, 11) is 0. The zero-order chi connectivity index (χ0) is 15.1. The van der Waals surface area contributed by atoms with Gasteiger partial charge in [-0.2, -0.15) is 0 Å². The molecule has 0 unspecified atom stereocenters. The highest BCUT2D eigenvalue weighted by atomic mass is 19.1. The van der Waals surface area contributed by atoms with Crippen LogP contribution in [-0.2, 0) is 6.54 Å². The Morgan fingerprint density at radius 2 is 2.10 bits per heavy atom. The number of rotatable bonds is 6. The lowest BCUT2D eigenvalue weighted by molar-refractivity contribution is 0.204. The number of nitrogens with zero attached hydrogens (tertiary/aromatic N) is 2. The maximum absolute atomic E-state index is 14.3. The molecule has 1 aromatic rings. The Morgan fingerprint density at radius 3 is 2.81 bits per heavy atom. The Bertz CT molecular complexity index is 442. The summed E-state index contributed by atoms with van der Waals surface area (Å²) in [6.45, 7) is 8.05. The van der Waals surface area contributed by atoms with Gasteiger partial charge in [0.2, 0.25) is 0 Å². The summed E-state index contributed by atoms with van der Waals surface area (Å²) in [4.78, 5) is 4.35. The van der Waals surface area contributed by atoms with Crippen LogP contribution in [0.4, 0.5) is 10.1 Å². The van der Waals surface area contributed by atoms with Crippen molar-refractivity contribution in [1.82, 2.24) is 10.2 Å². The zero-order valence-electron chi connectivity index (χ0n) is 12.8. The first-order valence-corrected chi connectivity index (χ1v) is 7.82. The highest BCUT2D eigenvalue weighted by molar-refractivity contribution is 5.49. The molecule has 0 spiro atoms. The Labute approximate surface area is 126 Å². The van der Waals surface area contributed by atoms with Gasteiger partial charge in [-0.1, -0.05) is 13.0 Å². The average Bonchev–Trinajstić information content (AvgIpc) is 2.71. The predicted octanol–water partition coefficient (Wildman–Crippen LogP) is 1.44. The number of aliphatic hydroxyl groups is 1. The Balaban J connectivity index is 2.00. The van der Waals surface area contributed by atoms with E-state index in [1.807, 2.05) is 19.1 Å². The summed E-state index contributed by atoms with van der Waals surface area (Å²) >= 11 is 0. The third kappa shape index (κ3) is 4.66. The molecule has 1 fully saturated rings. The highest BCUT2D eigenvalue weighted by Gasteiger charge is 2.17. The lowest BCUT2D eigenvalue weighted by Crippen LogP contribution is -2.32. The number of halogens is 1. The molecule has 4 nitrogen and oxygen atoms in total. The largest absolute Gasteiger partial charge is 0.395 e. The number of aliphatic hydroxyl groups excluding tert-OH is 1. The van der Waals surface area contributed by atoms with Crippen LogP contribution in [0.15, 0.2) is 18.2 Å². The number of nitrogens with one attached hydrogen (secondary N) is 1. The van der Waals surface area contributed by atoms with E-state index in [0.717, 1.165) is 44.7 Å². The van der Waals surface area contributed by atoms with Gasteiger partial charge in [0.05, 0.1) is 12.3 Å². The zero-order valence-corrected chi connectivity index (χ0v) is 12.8. The average molecular weight is 295 g/mol. The minimum Gasteiger partial charge on any atom is -0.395 e. The highest BCUT2D eigenvalue weighted by Crippen LogP contribution is 2.22. The van der Waals surface area contributed by atoms with E-state index in [-0.39, 0.29) is 12.4 Å². The third-order valence-electron chi connectivity index (χ3n) is 3.94. The number of hydrogen-bond donors (Lipinski definition) is 2. The van der Waals surface area contributed by atoms with Gasteiger partial charge < -0.3 is 15.3 Å². The van der Waals surface area contributed by atoms with Crippen molar-refractivity contribution in [2.75, 3.05) is 50.8 Å². The molecule has 118 valence electrons. The molecule has 1 aliphatic heterocycles. The molecule has 0 amide bonds. The van der Waals surface area contributed by atoms with Crippen LogP contribution in [-0.4, -0.2) is 55.9 Å². The molecule has 0 aromatic heterocycles. The molecule has 2 N–H and O–H groups in total. The van der Waals surface area contributed by atoms with E-state index >= 15 is 0 Å². The van der Waals surface area contributed by atoms with Crippen LogP contribution in [0.2, 0.25) is 0 Å². The standard InChI is InChI=1S/C16H26FN3O/c1-2-18-13-14-4-5-16(15(17)12-14)20-7-3-6-19(8-9-20)10-11-21/h4-5,12,18,21H,2-3,6-11,13H2,1H3. The molecule has 5 heteroatoms. The van der Waals surface area contributed by atoms with Gasteiger partial charge in [-0.25, -0.2) is 4.39 Å². The van der Waals surface area contributed by atoms with Crippen LogP contribution in [0.25, 0.3) is 0 Å². The Morgan fingerprint density at radius 1 is 1.24 bits per heavy atom. The van der Waals surface area contributed by atoms with Crippen molar-refractivity contribution in [3.63, 3.8) is 0 Å². The van der Waals surface area contributed by atoms with Crippen molar-refractivity contribution in [2.45, 2.75) is 19.9 Å². The maximum atomic E-state index is 14.3. The normalized spacial score (nSPS) is 17.0. The lowest BCUT2D eigenvalue weighted by atomic mass is 10.1. The Hall–Kier alpha value is -1.17. The molecular formula is C16H26FN3O. The third-order valence-corrected chi connectivity index (χ3v) is 3.94. The van der Waals surface area contributed by atoms with Crippen LogP contribution in [0.1, 0.15) is 18.9 Å². The second-order valence-corrected chi connectivity index (χ2v) is 5.47. The Kier molecular flexibility index (Phi) is 6.42. The smallest absolute Gasteiger partial charge is 0.146 e. The van der Waals surface area contributed by atoms with Crippen molar-refractivity contribution in [3.8, 4) is 0 Å². The molecule has 0 radical (unpaired) electrons. The van der Waals surface area contributed by atoms with Crippen molar-refractivity contribution >= 4 is 5.69 Å². The summed E-state index contributed by atoms with van der Waals surface area (Å²) in [6.07, 6.45) is 0.999. The van der Waals surface area contributed by atoms with Gasteiger partial charge >= 0.3 is 0 Å². The summed E-state index contributed by atoms with van der Waals surface area (Å²) in [6, 6.07) is 5.52. The van der Waals surface area contributed by atoms with E-state index in [1.54, 1.807) is 6.07 Å². The predicted molar refractivity (Wildman–Crippen MR) is 84.1 cm³/mol. The number of hydrogen-bond acceptors (Lipinski definition) is 4.